The van der Waals surface area contributed by atoms with Gasteiger partial charge in [0.2, 0.25) is 0 Å². The SMILES string of the molecule is CCc1ccccc1N1C(=O)C(=Cc2ccc(OCc3ccc(Cl)cc3)cc2)SC1=S. The summed E-state index contributed by atoms with van der Waals surface area (Å²) >= 11 is 12.8. The molecule has 0 aromatic heterocycles. The summed E-state index contributed by atoms with van der Waals surface area (Å²) in [5, 5.41) is 0.705. The minimum atomic E-state index is -0.0843. The molecule has 31 heavy (non-hydrogen) atoms. The third-order valence-electron chi connectivity index (χ3n) is 4.90. The molecule has 0 spiro atoms. The second-order valence-electron chi connectivity index (χ2n) is 6.98. The first-order valence-electron chi connectivity index (χ1n) is 9.88. The Balaban J connectivity index is 1.46. The predicted molar refractivity (Wildman–Crippen MR) is 134 cm³/mol. The average molecular weight is 466 g/mol. The van der Waals surface area contributed by atoms with Gasteiger partial charge in [-0.05, 0) is 59.5 Å². The molecule has 0 radical (unpaired) electrons. The van der Waals surface area contributed by atoms with E-state index in [2.05, 4.69) is 6.92 Å². The van der Waals surface area contributed by atoms with Crippen molar-refractivity contribution in [3.63, 3.8) is 0 Å². The summed E-state index contributed by atoms with van der Waals surface area (Å²) < 4.78 is 6.39. The first kappa shape index (κ1) is 21.6. The van der Waals surface area contributed by atoms with Crippen molar-refractivity contribution in [2.75, 3.05) is 4.90 Å². The molecule has 0 N–H and O–H groups in total. The maximum Gasteiger partial charge on any atom is 0.270 e. The number of halogens is 1. The number of thiocarbonyl (C=S) groups is 1. The number of anilines is 1. The fourth-order valence-electron chi connectivity index (χ4n) is 3.26. The van der Waals surface area contributed by atoms with E-state index in [1.807, 2.05) is 78.9 Å². The van der Waals surface area contributed by atoms with Crippen LogP contribution in [0.4, 0.5) is 5.69 Å². The molecule has 0 bridgehead atoms. The van der Waals surface area contributed by atoms with Gasteiger partial charge < -0.3 is 4.74 Å². The molecule has 6 heteroatoms. The standard InChI is InChI=1S/C25H20ClNO2S2/c1-2-19-5-3-4-6-22(19)27-24(28)23(31-25(27)30)15-17-9-13-21(14-10-17)29-16-18-7-11-20(26)12-8-18/h3-15H,2,16H2,1H3. The smallest absolute Gasteiger partial charge is 0.270 e. The third kappa shape index (κ3) is 5.01. The maximum atomic E-state index is 13.1. The number of carbonyl (C=O) groups is 1. The molecule has 1 aliphatic heterocycles. The van der Waals surface area contributed by atoms with Gasteiger partial charge in [0.15, 0.2) is 4.32 Å². The van der Waals surface area contributed by atoms with Gasteiger partial charge in [-0.1, -0.05) is 85.0 Å². The summed E-state index contributed by atoms with van der Waals surface area (Å²) in [6.45, 7) is 2.54. The van der Waals surface area contributed by atoms with E-state index in [1.54, 1.807) is 4.90 Å². The number of carbonyl (C=O) groups excluding carboxylic acids is 1. The lowest BCUT2D eigenvalue weighted by Gasteiger charge is -2.18. The summed E-state index contributed by atoms with van der Waals surface area (Å²) in [5.74, 6) is 0.676. The van der Waals surface area contributed by atoms with E-state index in [4.69, 9.17) is 28.6 Å². The van der Waals surface area contributed by atoms with E-state index in [1.165, 1.54) is 11.8 Å². The van der Waals surface area contributed by atoms with Crippen LogP contribution in [0.1, 0.15) is 23.6 Å². The van der Waals surface area contributed by atoms with Gasteiger partial charge in [0.25, 0.3) is 5.91 Å². The number of thioether (sulfide) groups is 1. The van der Waals surface area contributed by atoms with Gasteiger partial charge in [0, 0.05) is 5.02 Å². The molecule has 3 aromatic carbocycles. The molecule has 3 aromatic rings. The highest BCUT2D eigenvalue weighted by molar-refractivity contribution is 8.27. The molecule has 1 heterocycles. The zero-order valence-electron chi connectivity index (χ0n) is 16.9. The van der Waals surface area contributed by atoms with Crippen LogP contribution in [0.5, 0.6) is 5.75 Å². The van der Waals surface area contributed by atoms with Crippen molar-refractivity contribution in [3.05, 3.63) is 99.4 Å². The predicted octanol–water partition coefficient (Wildman–Crippen LogP) is 6.89. The molecule has 0 saturated carbocycles. The van der Waals surface area contributed by atoms with E-state index < -0.39 is 0 Å². The van der Waals surface area contributed by atoms with Gasteiger partial charge in [0.05, 0.1) is 10.6 Å². The Morgan fingerprint density at radius 2 is 1.74 bits per heavy atom. The van der Waals surface area contributed by atoms with Crippen LogP contribution >= 0.6 is 35.6 Å². The molecule has 4 rings (SSSR count). The molecule has 3 nitrogen and oxygen atoms in total. The van der Waals surface area contributed by atoms with Crippen LogP contribution in [0.15, 0.2) is 77.7 Å². The Morgan fingerprint density at radius 1 is 1.03 bits per heavy atom. The van der Waals surface area contributed by atoms with Gasteiger partial charge >= 0.3 is 0 Å². The first-order chi connectivity index (χ1) is 15.0. The second kappa shape index (κ2) is 9.69. The number of ether oxygens (including phenoxy) is 1. The lowest BCUT2D eigenvalue weighted by Crippen LogP contribution is -2.28. The fourth-order valence-corrected chi connectivity index (χ4v) is 4.67. The van der Waals surface area contributed by atoms with Crippen LogP contribution < -0.4 is 9.64 Å². The number of rotatable bonds is 6. The summed E-state index contributed by atoms with van der Waals surface area (Å²) in [5.41, 5.74) is 3.93. The minimum absolute atomic E-state index is 0.0843. The highest BCUT2D eigenvalue weighted by atomic mass is 35.5. The van der Waals surface area contributed by atoms with Crippen molar-refractivity contribution in [1.82, 2.24) is 0 Å². The van der Waals surface area contributed by atoms with Crippen molar-refractivity contribution in [2.24, 2.45) is 0 Å². The number of hydrogen-bond acceptors (Lipinski definition) is 4. The normalized spacial score (nSPS) is 15.0. The van der Waals surface area contributed by atoms with Crippen LogP contribution in [0.25, 0.3) is 6.08 Å². The largest absolute Gasteiger partial charge is 0.489 e. The molecule has 1 amide bonds. The second-order valence-corrected chi connectivity index (χ2v) is 9.10. The number of amides is 1. The van der Waals surface area contributed by atoms with Crippen molar-refractivity contribution in [3.8, 4) is 5.75 Å². The van der Waals surface area contributed by atoms with Crippen LogP contribution in [0.2, 0.25) is 5.02 Å². The van der Waals surface area contributed by atoms with E-state index in [9.17, 15) is 4.79 Å². The summed E-state index contributed by atoms with van der Waals surface area (Å²) in [4.78, 5) is 15.3. The van der Waals surface area contributed by atoms with Crippen molar-refractivity contribution in [1.29, 1.82) is 0 Å². The van der Waals surface area contributed by atoms with Gasteiger partial charge in [-0.2, -0.15) is 0 Å². The maximum absolute atomic E-state index is 13.1. The number of benzene rings is 3. The molecule has 156 valence electrons. The molecule has 1 saturated heterocycles. The van der Waals surface area contributed by atoms with Crippen molar-refractivity contribution < 1.29 is 9.53 Å². The molecule has 0 unspecified atom stereocenters. The summed E-state index contributed by atoms with van der Waals surface area (Å²) in [6, 6.07) is 23.1. The van der Waals surface area contributed by atoms with Crippen LogP contribution in [0.3, 0.4) is 0 Å². The highest BCUT2D eigenvalue weighted by Crippen LogP contribution is 2.37. The van der Waals surface area contributed by atoms with Gasteiger partial charge in [-0.25, -0.2) is 0 Å². The van der Waals surface area contributed by atoms with E-state index in [0.29, 0.717) is 20.9 Å². The molecular weight excluding hydrogens is 446 g/mol. The van der Waals surface area contributed by atoms with E-state index in [0.717, 1.165) is 34.5 Å². The Kier molecular flexibility index (Phi) is 6.76. The number of para-hydroxylation sites is 1. The zero-order chi connectivity index (χ0) is 21.8. The van der Waals surface area contributed by atoms with Gasteiger partial charge in [0.1, 0.15) is 12.4 Å². The van der Waals surface area contributed by atoms with Crippen molar-refractivity contribution >= 4 is 57.6 Å². The van der Waals surface area contributed by atoms with Gasteiger partial charge in [-0.15, -0.1) is 0 Å². The monoisotopic (exact) mass is 465 g/mol. The quantitative estimate of drug-likeness (QED) is 0.293. The molecule has 1 aliphatic rings. The Morgan fingerprint density at radius 3 is 2.45 bits per heavy atom. The minimum Gasteiger partial charge on any atom is -0.489 e. The Hall–Kier alpha value is -2.60. The topological polar surface area (TPSA) is 29.5 Å². The molecule has 0 atom stereocenters. The summed E-state index contributed by atoms with van der Waals surface area (Å²) in [7, 11) is 0. The first-order valence-corrected chi connectivity index (χ1v) is 11.5. The highest BCUT2D eigenvalue weighted by Gasteiger charge is 2.34. The van der Waals surface area contributed by atoms with Crippen LogP contribution in [-0.2, 0) is 17.8 Å². The molecule has 1 fully saturated rings. The average Bonchev–Trinajstić information content (AvgIpc) is 3.07. The zero-order valence-corrected chi connectivity index (χ0v) is 19.3. The van der Waals surface area contributed by atoms with Crippen LogP contribution in [-0.4, -0.2) is 10.2 Å². The molecule has 0 aliphatic carbocycles. The van der Waals surface area contributed by atoms with E-state index in [-0.39, 0.29) is 5.91 Å². The summed E-state index contributed by atoms with van der Waals surface area (Å²) in [6.07, 6.45) is 2.71. The number of aryl methyl sites for hydroxylation is 1. The third-order valence-corrected chi connectivity index (χ3v) is 6.46. The number of hydrogen-bond donors (Lipinski definition) is 0. The fraction of sp³-hybridized carbons (Fsp3) is 0.120. The lowest BCUT2D eigenvalue weighted by molar-refractivity contribution is -0.113. The number of nitrogens with zero attached hydrogens (tertiary/aromatic N) is 1. The van der Waals surface area contributed by atoms with Crippen LogP contribution in [0, 0.1) is 0 Å². The van der Waals surface area contributed by atoms with Gasteiger partial charge in [-0.3, -0.25) is 9.69 Å². The lowest BCUT2D eigenvalue weighted by atomic mass is 10.1. The Bertz CT molecular complexity index is 1140. The van der Waals surface area contributed by atoms with Crippen molar-refractivity contribution in [2.45, 2.75) is 20.0 Å². The Labute approximate surface area is 196 Å². The molecular formula is C25H20ClNO2S2. The van der Waals surface area contributed by atoms with E-state index >= 15 is 0 Å².